The molecule has 0 atom stereocenters. The highest BCUT2D eigenvalue weighted by molar-refractivity contribution is 6.42. The van der Waals surface area contributed by atoms with Crippen LogP contribution in [0.2, 0.25) is 10.0 Å². The molecule has 2 amide bonds. The molecular weight excluding hydrogens is 313 g/mol. The second-order valence-electron chi connectivity index (χ2n) is 4.82. The number of halogens is 2. The van der Waals surface area contributed by atoms with Gasteiger partial charge in [-0.3, -0.25) is 4.90 Å². The highest BCUT2D eigenvalue weighted by Gasteiger charge is 2.09. The fourth-order valence-corrected chi connectivity index (χ4v) is 2.38. The number of morpholine rings is 1. The standard InChI is InChI=1S/C14H19Cl2N3O2/c15-12-3-2-11(10-13(12)16)18-14(20)17-4-1-5-19-6-8-21-9-7-19/h2-3,10H,1,4-9H2,(H2,17,18,20). The molecule has 1 aromatic carbocycles. The normalized spacial score (nSPS) is 15.7. The average Bonchev–Trinajstić information content (AvgIpc) is 2.49. The second kappa shape index (κ2) is 8.44. The zero-order chi connectivity index (χ0) is 15.1. The first-order chi connectivity index (χ1) is 10.1. The molecule has 1 fully saturated rings. The van der Waals surface area contributed by atoms with Crippen molar-refractivity contribution in [3.63, 3.8) is 0 Å². The molecule has 0 unspecified atom stereocenters. The van der Waals surface area contributed by atoms with Gasteiger partial charge < -0.3 is 15.4 Å². The summed E-state index contributed by atoms with van der Waals surface area (Å²) in [4.78, 5) is 14.1. The summed E-state index contributed by atoms with van der Waals surface area (Å²) in [7, 11) is 0. The van der Waals surface area contributed by atoms with E-state index in [1.165, 1.54) is 0 Å². The van der Waals surface area contributed by atoms with Crippen molar-refractivity contribution >= 4 is 34.9 Å². The van der Waals surface area contributed by atoms with Crippen molar-refractivity contribution in [3.05, 3.63) is 28.2 Å². The van der Waals surface area contributed by atoms with E-state index in [9.17, 15) is 4.79 Å². The largest absolute Gasteiger partial charge is 0.379 e. The van der Waals surface area contributed by atoms with Crippen LogP contribution in [-0.2, 0) is 4.74 Å². The molecule has 1 aliphatic heterocycles. The van der Waals surface area contributed by atoms with Gasteiger partial charge in [-0.25, -0.2) is 4.79 Å². The summed E-state index contributed by atoms with van der Waals surface area (Å²) >= 11 is 11.7. The SMILES string of the molecule is O=C(NCCCN1CCOCC1)Nc1ccc(Cl)c(Cl)c1. The predicted molar refractivity (Wildman–Crippen MR) is 85.4 cm³/mol. The lowest BCUT2D eigenvalue weighted by Crippen LogP contribution is -2.38. The molecule has 2 N–H and O–H groups in total. The molecule has 1 aliphatic rings. The number of hydrogen-bond donors (Lipinski definition) is 2. The number of ether oxygens (including phenoxy) is 1. The molecule has 116 valence electrons. The number of nitrogens with zero attached hydrogens (tertiary/aromatic N) is 1. The molecule has 0 radical (unpaired) electrons. The summed E-state index contributed by atoms with van der Waals surface area (Å²) in [5.74, 6) is 0. The van der Waals surface area contributed by atoms with Crippen LogP contribution in [0, 0.1) is 0 Å². The van der Waals surface area contributed by atoms with E-state index in [0.717, 1.165) is 39.3 Å². The number of benzene rings is 1. The number of carbonyl (C=O) groups is 1. The van der Waals surface area contributed by atoms with Crippen molar-refractivity contribution in [2.45, 2.75) is 6.42 Å². The number of hydrogen-bond acceptors (Lipinski definition) is 3. The summed E-state index contributed by atoms with van der Waals surface area (Å²) < 4.78 is 5.29. The molecule has 0 spiro atoms. The number of urea groups is 1. The Kier molecular flexibility index (Phi) is 6.57. The summed E-state index contributed by atoms with van der Waals surface area (Å²) in [6, 6.07) is 4.74. The smallest absolute Gasteiger partial charge is 0.319 e. The molecule has 1 heterocycles. The van der Waals surface area contributed by atoms with E-state index in [-0.39, 0.29) is 6.03 Å². The quantitative estimate of drug-likeness (QED) is 0.816. The van der Waals surface area contributed by atoms with Gasteiger partial charge >= 0.3 is 6.03 Å². The Balaban J connectivity index is 1.63. The van der Waals surface area contributed by atoms with Gasteiger partial charge in [0.2, 0.25) is 0 Å². The molecule has 21 heavy (non-hydrogen) atoms. The van der Waals surface area contributed by atoms with Crippen LogP contribution in [-0.4, -0.2) is 50.3 Å². The Morgan fingerprint density at radius 3 is 2.71 bits per heavy atom. The van der Waals surface area contributed by atoms with E-state index in [0.29, 0.717) is 22.3 Å². The van der Waals surface area contributed by atoms with Gasteiger partial charge in [-0.15, -0.1) is 0 Å². The fraction of sp³-hybridized carbons (Fsp3) is 0.500. The van der Waals surface area contributed by atoms with Gasteiger partial charge in [0.1, 0.15) is 0 Å². The lowest BCUT2D eigenvalue weighted by Gasteiger charge is -2.26. The van der Waals surface area contributed by atoms with Crippen LogP contribution in [0.1, 0.15) is 6.42 Å². The molecule has 0 aromatic heterocycles. The summed E-state index contributed by atoms with van der Waals surface area (Å²) in [5, 5.41) is 6.43. The number of amides is 2. The van der Waals surface area contributed by atoms with E-state index in [4.69, 9.17) is 27.9 Å². The van der Waals surface area contributed by atoms with E-state index < -0.39 is 0 Å². The third-order valence-electron chi connectivity index (χ3n) is 3.22. The number of rotatable bonds is 5. The van der Waals surface area contributed by atoms with Crippen molar-refractivity contribution in [2.24, 2.45) is 0 Å². The molecule has 0 aliphatic carbocycles. The van der Waals surface area contributed by atoms with Crippen molar-refractivity contribution in [2.75, 3.05) is 44.7 Å². The Labute approximate surface area is 134 Å². The molecule has 1 aromatic rings. The van der Waals surface area contributed by atoms with E-state index in [2.05, 4.69) is 15.5 Å². The zero-order valence-corrected chi connectivity index (χ0v) is 13.2. The molecule has 1 saturated heterocycles. The van der Waals surface area contributed by atoms with Crippen molar-refractivity contribution in [1.29, 1.82) is 0 Å². The van der Waals surface area contributed by atoms with Crippen molar-refractivity contribution in [1.82, 2.24) is 10.2 Å². The fourth-order valence-electron chi connectivity index (χ4n) is 2.08. The molecular formula is C14H19Cl2N3O2. The Bertz CT molecular complexity index is 479. The predicted octanol–water partition coefficient (Wildman–Crippen LogP) is 2.84. The van der Waals surface area contributed by atoms with Gasteiger partial charge in [0.15, 0.2) is 0 Å². The number of anilines is 1. The maximum absolute atomic E-state index is 11.7. The summed E-state index contributed by atoms with van der Waals surface area (Å²) in [6.45, 7) is 5.13. The van der Waals surface area contributed by atoms with Crippen LogP contribution < -0.4 is 10.6 Å². The molecule has 5 nitrogen and oxygen atoms in total. The van der Waals surface area contributed by atoms with E-state index in [1.54, 1.807) is 18.2 Å². The third-order valence-corrected chi connectivity index (χ3v) is 3.96. The third kappa shape index (κ3) is 5.71. The van der Waals surface area contributed by atoms with Gasteiger partial charge in [-0.2, -0.15) is 0 Å². The van der Waals surface area contributed by atoms with Crippen LogP contribution >= 0.6 is 23.2 Å². The minimum atomic E-state index is -0.240. The maximum Gasteiger partial charge on any atom is 0.319 e. The number of carbonyl (C=O) groups excluding carboxylic acids is 1. The van der Waals surface area contributed by atoms with Crippen LogP contribution in [0.25, 0.3) is 0 Å². The van der Waals surface area contributed by atoms with Crippen LogP contribution in [0.15, 0.2) is 18.2 Å². The Morgan fingerprint density at radius 1 is 1.24 bits per heavy atom. The van der Waals surface area contributed by atoms with Crippen LogP contribution in [0.3, 0.4) is 0 Å². The summed E-state index contributed by atoms with van der Waals surface area (Å²) in [5.41, 5.74) is 0.620. The zero-order valence-electron chi connectivity index (χ0n) is 11.7. The van der Waals surface area contributed by atoms with Gasteiger partial charge in [0.05, 0.1) is 23.3 Å². The monoisotopic (exact) mass is 331 g/mol. The lowest BCUT2D eigenvalue weighted by molar-refractivity contribution is 0.0375. The van der Waals surface area contributed by atoms with Gasteiger partial charge in [0, 0.05) is 25.3 Å². The van der Waals surface area contributed by atoms with Gasteiger partial charge in [-0.05, 0) is 31.2 Å². The van der Waals surface area contributed by atoms with Gasteiger partial charge in [-0.1, -0.05) is 23.2 Å². The topological polar surface area (TPSA) is 53.6 Å². The van der Waals surface area contributed by atoms with E-state index >= 15 is 0 Å². The molecule has 7 heteroatoms. The van der Waals surface area contributed by atoms with Gasteiger partial charge in [0.25, 0.3) is 0 Å². The van der Waals surface area contributed by atoms with Crippen molar-refractivity contribution in [3.8, 4) is 0 Å². The van der Waals surface area contributed by atoms with E-state index in [1.807, 2.05) is 0 Å². The highest BCUT2D eigenvalue weighted by atomic mass is 35.5. The first-order valence-corrected chi connectivity index (χ1v) is 7.71. The second-order valence-corrected chi connectivity index (χ2v) is 5.63. The molecule has 0 bridgehead atoms. The number of nitrogens with one attached hydrogen (secondary N) is 2. The minimum absolute atomic E-state index is 0.240. The van der Waals surface area contributed by atoms with Crippen LogP contribution in [0.4, 0.5) is 10.5 Å². The lowest BCUT2D eigenvalue weighted by atomic mass is 10.3. The summed E-state index contributed by atoms with van der Waals surface area (Å²) in [6.07, 6.45) is 0.912. The first kappa shape index (κ1) is 16.4. The highest BCUT2D eigenvalue weighted by Crippen LogP contribution is 2.24. The maximum atomic E-state index is 11.7. The Morgan fingerprint density at radius 2 is 2.00 bits per heavy atom. The van der Waals surface area contributed by atoms with Crippen molar-refractivity contribution < 1.29 is 9.53 Å². The Hall–Kier alpha value is -1.01. The minimum Gasteiger partial charge on any atom is -0.379 e. The molecule has 0 saturated carbocycles. The molecule has 2 rings (SSSR count). The average molecular weight is 332 g/mol. The first-order valence-electron chi connectivity index (χ1n) is 6.95. The van der Waals surface area contributed by atoms with Crippen LogP contribution in [0.5, 0.6) is 0 Å².